The highest BCUT2D eigenvalue weighted by molar-refractivity contribution is 14.1. The number of nitrogens with zero attached hydrogens (tertiary/aromatic N) is 3. The van der Waals surface area contributed by atoms with E-state index in [4.69, 9.17) is 21.1 Å². The van der Waals surface area contributed by atoms with Gasteiger partial charge in [-0.3, -0.25) is 0 Å². The van der Waals surface area contributed by atoms with Gasteiger partial charge in [0, 0.05) is 5.41 Å². The zero-order chi connectivity index (χ0) is 25.6. The van der Waals surface area contributed by atoms with E-state index < -0.39 is 12.2 Å². The van der Waals surface area contributed by atoms with Crippen molar-refractivity contribution in [2.45, 2.75) is 44.6 Å². The summed E-state index contributed by atoms with van der Waals surface area (Å²) in [6.07, 6.45) is -1.50. The third kappa shape index (κ3) is 7.41. The molecule has 0 spiro atoms. The van der Waals surface area contributed by atoms with Gasteiger partial charge in [0.25, 0.3) is 0 Å². The van der Waals surface area contributed by atoms with E-state index in [0.717, 1.165) is 14.7 Å². The molecule has 1 aromatic heterocycles. The Morgan fingerprint density at radius 2 is 1.71 bits per heavy atom. The van der Waals surface area contributed by atoms with Crippen molar-refractivity contribution in [3.05, 3.63) is 66.6 Å². The maximum Gasteiger partial charge on any atom is 0.149 e. The maximum atomic E-state index is 10.3. The van der Waals surface area contributed by atoms with Gasteiger partial charge < -0.3 is 24.8 Å². The van der Waals surface area contributed by atoms with Crippen LogP contribution in [0, 0.1) is 7.27 Å². The molecule has 0 aliphatic rings. The fraction of sp³-hybridized carbons (Fsp3) is 0.417. The predicted molar refractivity (Wildman–Crippen MR) is 150 cm³/mol. The van der Waals surface area contributed by atoms with Crippen LogP contribution in [-0.2, 0) is 18.6 Å². The van der Waals surface area contributed by atoms with Crippen molar-refractivity contribution in [3.8, 4) is 11.5 Å². The van der Waals surface area contributed by atoms with Gasteiger partial charge in [0.15, 0.2) is 0 Å². The van der Waals surface area contributed by atoms with Crippen molar-refractivity contribution in [2.24, 2.45) is 0 Å². The minimum absolute atomic E-state index is 0.0854. The highest BCUT2D eigenvalue weighted by Crippen LogP contribution is 2.35. The van der Waals surface area contributed by atoms with E-state index in [1.54, 1.807) is 0 Å². The molecule has 3 N–H and O–H groups in total. The van der Waals surface area contributed by atoms with Gasteiger partial charge in [0.2, 0.25) is 0 Å². The predicted octanol–water partition coefficient (Wildman–Crippen LogP) is 3.72. The molecule has 8 nitrogen and oxygen atoms in total. The van der Waals surface area contributed by atoms with Gasteiger partial charge >= 0.3 is 0 Å². The maximum absolute atomic E-state index is 10.3. The van der Waals surface area contributed by atoms with Gasteiger partial charge in [-0.2, -0.15) is 0 Å². The molecule has 2 atom stereocenters. The van der Waals surface area contributed by atoms with Crippen molar-refractivity contribution >= 4 is 56.8 Å². The minimum Gasteiger partial charge on any atom is -0.491 e. The molecule has 0 saturated carbocycles. The number of aliphatic hydroxyl groups excluding tert-OH is 3. The highest BCUT2D eigenvalue weighted by Gasteiger charge is 2.24. The number of hydrogen-bond donors (Lipinski definition) is 3. The smallest absolute Gasteiger partial charge is 0.149 e. The Labute approximate surface area is 236 Å². The Bertz CT molecular complexity index is 1110. The number of benzene rings is 2. The van der Waals surface area contributed by atoms with Crippen LogP contribution < -0.4 is 9.47 Å². The molecule has 0 aliphatic carbocycles. The second kappa shape index (κ2) is 12.9. The van der Waals surface area contributed by atoms with Crippen LogP contribution in [0.4, 0.5) is 0 Å². The summed E-state index contributed by atoms with van der Waals surface area (Å²) in [6.45, 7) is 4.52. The third-order valence-corrected chi connectivity index (χ3v) is 7.64. The van der Waals surface area contributed by atoms with E-state index >= 15 is 0 Å². The van der Waals surface area contributed by atoms with Crippen molar-refractivity contribution in [1.82, 2.24) is 15.0 Å². The largest absolute Gasteiger partial charge is 0.491 e. The Balaban J connectivity index is 1.61. The molecule has 0 amide bonds. The average molecular weight is 724 g/mol. The summed E-state index contributed by atoms with van der Waals surface area (Å²) in [5, 5.41) is 37.2. The zero-order valence-electron chi connectivity index (χ0n) is 19.4. The molecule has 35 heavy (non-hydrogen) atoms. The number of ether oxygens (including phenoxy) is 2. The number of alkyl halides is 1. The molecule has 1 heterocycles. The summed E-state index contributed by atoms with van der Waals surface area (Å²) in [6, 6.07) is 13.8. The quantitative estimate of drug-likeness (QED) is 0.193. The molecule has 0 aliphatic heterocycles. The summed E-state index contributed by atoms with van der Waals surface area (Å²) < 4.78 is 14.5. The lowest BCUT2D eigenvalue weighted by Gasteiger charge is -2.27. The number of hydrogen-bond acceptors (Lipinski definition) is 7. The average Bonchev–Trinajstić information content (AvgIpc) is 3.20. The van der Waals surface area contributed by atoms with E-state index in [9.17, 15) is 15.3 Å². The Kier molecular flexibility index (Phi) is 10.4. The second-order valence-corrected chi connectivity index (χ2v) is 11.0. The first kappa shape index (κ1) is 28.4. The standard InChI is InChI=1S/C24H28ClI2N3O5/c1-24(2,16-5-8-22(20(26)9-16)35-13-17(32)10-25)15-3-6-19(7-4-15)34-14-18(33)11-30-21(12-31)23(27)28-29-30/h3-9,17-18,31-33H,10-14H2,1-2H3/t17-,18+/m0/s1/i27-4. The van der Waals surface area contributed by atoms with Crippen LogP contribution in [0.15, 0.2) is 42.5 Å². The normalized spacial score (nSPS) is 13.5. The van der Waals surface area contributed by atoms with Crippen molar-refractivity contribution < 1.29 is 24.8 Å². The molecule has 3 aromatic rings. The summed E-state index contributed by atoms with van der Waals surface area (Å²) in [7, 11) is 0. The number of rotatable bonds is 12. The van der Waals surface area contributed by atoms with Gasteiger partial charge in [0.1, 0.15) is 40.6 Å². The number of halogens is 3. The first-order chi connectivity index (χ1) is 16.6. The van der Waals surface area contributed by atoms with E-state index in [-0.39, 0.29) is 37.7 Å². The van der Waals surface area contributed by atoms with Gasteiger partial charge in [0.05, 0.1) is 28.3 Å². The van der Waals surface area contributed by atoms with Crippen LogP contribution in [0.3, 0.4) is 0 Å². The molecule has 190 valence electrons. The minimum atomic E-state index is -0.803. The van der Waals surface area contributed by atoms with E-state index in [0.29, 0.717) is 20.9 Å². The molecule has 3 rings (SSSR count). The lowest BCUT2D eigenvalue weighted by molar-refractivity contribution is 0.0866. The van der Waals surface area contributed by atoms with E-state index in [1.165, 1.54) is 4.68 Å². The molecule has 2 aromatic carbocycles. The third-order valence-electron chi connectivity index (χ3n) is 5.60. The fourth-order valence-corrected chi connectivity index (χ4v) is 4.73. The number of aliphatic hydroxyl groups is 3. The molecule has 11 heteroatoms. The number of aromatic nitrogens is 3. The molecule has 0 unspecified atom stereocenters. The van der Waals surface area contributed by atoms with Gasteiger partial charge in [-0.05, 0) is 80.6 Å². The Morgan fingerprint density at radius 1 is 1.06 bits per heavy atom. The Morgan fingerprint density at radius 3 is 2.34 bits per heavy atom. The SMILES string of the molecule is CC(C)(c1ccc(OC[C@H](O)Cn2nnc([123I])c2CO)cc1)c1ccc(OC[C@@H](O)CCl)c(I)c1. The summed E-state index contributed by atoms with van der Waals surface area (Å²) >= 11 is 9.86. The van der Waals surface area contributed by atoms with E-state index in [2.05, 4.69) is 52.8 Å². The van der Waals surface area contributed by atoms with Crippen molar-refractivity contribution in [3.63, 3.8) is 0 Å². The van der Waals surface area contributed by atoms with Crippen LogP contribution in [-0.4, -0.2) is 61.6 Å². The highest BCUT2D eigenvalue weighted by atomic mass is 127. The lowest BCUT2D eigenvalue weighted by Crippen LogP contribution is -2.25. The van der Waals surface area contributed by atoms with E-state index in [1.807, 2.05) is 59.0 Å². The first-order valence-corrected chi connectivity index (χ1v) is 13.6. The first-order valence-electron chi connectivity index (χ1n) is 10.9. The summed E-state index contributed by atoms with van der Waals surface area (Å²) in [4.78, 5) is 0. The van der Waals surface area contributed by atoms with Crippen molar-refractivity contribution in [1.29, 1.82) is 0 Å². The lowest BCUT2D eigenvalue weighted by atomic mass is 9.78. The van der Waals surface area contributed by atoms with Gasteiger partial charge in [-0.25, -0.2) is 4.68 Å². The van der Waals surface area contributed by atoms with Crippen LogP contribution in [0.2, 0.25) is 0 Å². The van der Waals surface area contributed by atoms with Gasteiger partial charge in [-0.1, -0.05) is 37.3 Å². The molecule has 0 bridgehead atoms. The fourth-order valence-electron chi connectivity index (χ4n) is 3.42. The molecular weight excluding hydrogens is 696 g/mol. The topological polar surface area (TPSA) is 110 Å². The van der Waals surface area contributed by atoms with Crippen LogP contribution in [0.25, 0.3) is 0 Å². The molecule has 0 fully saturated rings. The molecular formula is C24H28ClI2N3O5. The van der Waals surface area contributed by atoms with Crippen LogP contribution >= 0.6 is 56.8 Å². The Hall–Kier alpha value is -1.19. The molecule has 0 saturated heterocycles. The van der Waals surface area contributed by atoms with Crippen LogP contribution in [0.5, 0.6) is 11.5 Å². The summed E-state index contributed by atoms with van der Waals surface area (Å²) in [5.74, 6) is 1.49. The monoisotopic (exact) mass is 723 g/mol. The molecule has 0 radical (unpaired) electrons. The second-order valence-electron chi connectivity index (χ2n) is 8.55. The van der Waals surface area contributed by atoms with Gasteiger partial charge in [-0.15, -0.1) is 16.7 Å². The zero-order valence-corrected chi connectivity index (χ0v) is 24.4. The summed E-state index contributed by atoms with van der Waals surface area (Å²) in [5.41, 5.74) is 2.53. The van der Waals surface area contributed by atoms with Crippen LogP contribution in [0.1, 0.15) is 30.7 Å². The van der Waals surface area contributed by atoms with Crippen molar-refractivity contribution in [2.75, 3.05) is 19.1 Å².